The number of carbonyl (C=O) groups is 2. The van der Waals surface area contributed by atoms with Crippen LogP contribution in [0.15, 0.2) is 129 Å². The number of benzene rings is 6. The Labute approximate surface area is 572 Å². The lowest BCUT2D eigenvalue weighted by Gasteiger charge is -2.29. The largest absolute Gasteiger partial charge is 0.478 e. The van der Waals surface area contributed by atoms with Crippen molar-refractivity contribution in [2.45, 2.75) is 45.3 Å². The van der Waals surface area contributed by atoms with Crippen LogP contribution in [0.1, 0.15) is 43.0 Å². The SMILES string of the molecule is NS(=O)(=O)c1cccc(N(CCO)c2nc(Nc3ccc(-c4ccc(Nc5nc(N(CCO)c6cccc(S(N)(=O)=O)c6CCO)nc(N(CCO)c6cccc(S(N)(=O)=O)c6CCO)n5)cc4C(=O)O)c(C(=O)O)c3)nc(N(CCO)c3cccc(S(N)(=O)=O)c3CCO)n2)c1CCO. The minimum absolute atomic E-state index is 0.00695. The molecule has 0 atom stereocenters. The number of nitrogens with two attached hydrogens (primary N) is 4. The normalized spacial score (nSPS) is 11.9. The standard InChI is InChI=1S/C60H70N16O20S4/c61-97(89,90)49-9-1-5-45(39(49)17-25-77)73(21-29-81)57-67-55(68-58(71-57)74(22-30-82)46-6-2-10-50(98(62,91)92)40(46)18-26-78)65-35-13-15-37(43(33-35)53(85)86)38-16-14-36(34-44(38)54(87)88)66-56-69-59(75(23-31-83)47-7-3-11-51(99(63,93)94)41(47)19-27-79)72-60(70-56)76(24-32-84)48-8-4-12-52(100(64,95)96)42(48)20-28-80/h1-16,33-34,77-84H,17-32H2,(H,85,86)(H,87,88)(H2,61,89,90)(H2,62,91,92)(H2,63,93,94)(H2,64,95,96)(H,65,67,68,71)(H,66,69,70,72). The number of aliphatic hydroxyl groups is 8. The number of aliphatic hydroxyl groups excluding tert-OH is 8. The van der Waals surface area contributed by atoms with Gasteiger partial charge in [0.1, 0.15) is 0 Å². The van der Waals surface area contributed by atoms with Gasteiger partial charge in [0.15, 0.2) is 0 Å². The Morgan fingerprint density at radius 3 is 0.790 bits per heavy atom. The summed E-state index contributed by atoms with van der Waals surface area (Å²) < 4.78 is 104. The molecule has 2 aromatic heterocycles. The molecule has 0 spiro atoms. The number of carboxylic acids is 2. The van der Waals surface area contributed by atoms with Crippen LogP contribution in [-0.4, -0.2) is 206 Å². The number of aromatic carboxylic acids is 2. The van der Waals surface area contributed by atoms with Crippen LogP contribution in [0.25, 0.3) is 11.1 Å². The van der Waals surface area contributed by atoms with Crippen LogP contribution < -0.4 is 50.8 Å². The van der Waals surface area contributed by atoms with Crippen LogP contribution in [-0.2, 0) is 65.8 Å². The molecule has 0 unspecified atom stereocenters. The lowest BCUT2D eigenvalue weighted by Crippen LogP contribution is -2.30. The van der Waals surface area contributed by atoms with Gasteiger partial charge >= 0.3 is 11.9 Å². The lowest BCUT2D eigenvalue weighted by molar-refractivity contribution is 0.0684. The van der Waals surface area contributed by atoms with Crippen molar-refractivity contribution in [1.82, 2.24) is 29.9 Å². The number of hydrogen-bond donors (Lipinski definition) is 16. The van der Waals surface area contributed by atoms with E-state index in [1.165, 1.54) is 117 Å². The van der Waals surface area contributed by atoms with Crippen molar-refractivity contribution in [3.05, 3.63) is 143 Å². The molecule has 0 fully saturated rings. The minimum Gasteiger partial charge on any atom is -0.478 e. The van der Waals surface area contributed by atoms with Gasteiger partial charge < -0.3 is 81.3 Å². The van der Waals surface area contributed by atoms with Gasteiger partial charge in [0, 0.05) is 86.7 Å². The Balaban J connectivity index is 1.29. The van der Waals surface area contributed by atoms with Crippen LogP contribution in [0.2, 0.25) is 0 Å². The Morgan fingerprint density at radius 2 is 0.590 bits per heavy atom. The second-order valence-electron chi connectivity index (χ2n) is 21.5. The zero-order chi connectivity index (χ0) is 73.0. The number of hydrogen-bond acceptors (Lipinski definition) is 30. The maximum Gasteiger partial charge on any atom is 0.336 e. The maximum atomic E-state index is 13.4. The van der Waals surface area contributed by atoms with E-state index in [1.54, 1.807) is 0 Å². The molecule has 36 nitrogen and oxygen atoms in total. The summed E-state index contributed by atoms with van der Waals surface area (Å²) in [7, 11) is -17.9. The summed E-state index contributed by atoms with van der Waals surface area (Å²) in [5, 5.41) is 133. The van der Waals surface area contributed by atoms with Crippen molar-refractivity contribution in [3.8, 4) is 11.1 Å². The first-order valence-corrected chi connectivity index (χ1v) is 36.0. The molecule has 40 heteroatoms. The van der Waals surface area contributed by atoms with Gasteiger partial charge in [-0.15, -0.1) is 0 Å². The second kappa shape index (κ2) is 32.6. The molecule has 0 saturated heterocycles. The molecule has 8 aromatic rings. The Bertz CT molecular complexity index is 4310. The van der Waals surface area contributed by atoms with E-state index in [1.807, 2.05) is 0 Å². The summed E-state index contributed by atoms with van der Waals surface area (Å²) in [4.78, 5) is 57.8. The van der Waals surface area contributed by atoms with Gasteiger partial charge in [-0.1, -0.05) is 36.4 Å². The number of aromatic nitrogens is 6. The first-order valence-electron chi connectivity index (χ1n) is 29.8. The van der Waals surface area contributed by atoms with Crippen LogP contribution in [0, 0.1) is 0 Å². The smallest absolute Gasteiger partial charge is 0.336 e. The number of nitrogens with zero attached hydrogens (tertiary/aromatic N) is 10. The third kappa shape index (κ3) is 17.5. The van der Waals surface area contributed by atoms with Crippen molar-refractivity contribution in [1.29, 1.82) is 0 Å². The van der Waals surface area contributed by atoms with E-state index in [2.05, 4.69) is 40.5 Å². The first-order chi connectivity index (χ1) is 47.5. The van der Waals surface area contributed by atoms with E-state index in [0.717, 1.165) is 12.1 Å². The van der Waals surface area contributed by atoms with E-state index in [4.69, 9.17) is 20.6 Å². The monoisotopic (exact) mass is 1460 g/mol. The summed E-state index contributed by atoms with van der Waals surface area (Å²) >= 11 is 0. The van der Waals surface area contributed by atoms with Crippen molar-refractivity contribution >= 4 is 122 Å². The Hall–Kier alpha value is -9.60. The van der Waals surface area contributed by atoms with Crippen molar-refractivity contribution in [2.24, 2.45) is 20.6 Å². The molecule has 2 heterocycles. The molecule has 100 heavy (non-hydrogen) atoms. The molecule has 0 radical (unpaired) electrons. The highest BCUT2D eigenvalue weighted by atomic mass is 32.2. The van der Waals surface area contributed by atoms with Gasteiger partial charge in [-0.3, -0.25) is 0 Å². The zero-order valence-electron chi connectivity index (χ0n) is 52.7. The molecule has 0 saturated carbocycles. The molecular formula is C60H70N16O20S4. The van der Waals surface area contributed by atoms with Crippen LogP contribution in [0.4, 0.5) is 69.8 Å². The summed E-state index contributed by atoms with van der Waals surface area (Å²) in [5.41, 5.74) is -1.77. The van der Waals surface area contributed by atoms with E-state index >= 15 is 0 Å². The first kappa shape index (κ1) is 76.2. The molecule has 0 aliphatic rings. The van der Waals surface area contributed by atoms with Crippen LogP contribution >= 0.6 is 0 Å². The van der Waals surface area contributed by atoms with Gasteiger partial charge in [0.2, 0.25) is 75.8 Å². The highest BCUT2D eigenvalue weighted by molar-refractivity contribution is 7.90. The molecule has 534 valence electrons. The fourth-order valence-corrected chi connectivity index (χ4v) is 14.4. The zero-order valence-corrected chi connectivity index (χ0v) is 55.9. The number of sulfonamides is 4. The predicted molar refractivity (Wildman–Crippen MR) is 363 cm³/mol. The Kier molecular flexibility index (Phi) is 24.8. The molecular weight excluding hydrogens is 1390 g/mol. The highest BCUT2D eigenvalue weighted by Crippen LogP contribution is 2.40. The molecule has 20 N–H and O–H groups in total. The summed E-state index contributed by atoms with van der Waals surface area (Å²) in [6, 6.07) is 22.9. The van der Waals surface area contributed by atoms with Gasteiger partial charge in [-0.05, 0) is 132 Å². The number of primary sulfonamides is 4. The predicted octanol–water partition coefficient (Wildman–Crippen LogP) is -0.142. The van der Waals surface area contributed by atoms with Crippen molar-refractivity contribution in [3.63, 3.8) is 0 Å². The number of rotatable bonds is 35. The molecule has 0 amide bonds. The average molecular weight is 1460 g/mol. The lowest BCUT2D eigenvalue weighted by atomic mass is 9.94. The minimum atomic E-state index is -4.48. The van der Waals surface area contributed by atoms with Crippen LogP contribution in [0.3, 0.4) is 0 Å². The maximum absolute atomic E-state index is 13.4. The topological polar surface area (TPSA) is 591 Å². The van der Waals surface area contributed by atoms with Gasteiger partial charge in [0.25, 0.3) is 0 Å². The molecule has 0 aliphatic heterocycles. The molecule has 0 bridgehead atoms. The summed E-state index contributed by atoms with van der Waals surface area (Å²) in [6.07, 6.45) is -1.24. The van der Waals surface area contributed by atoms with Gasteiger partial charge in [-0.25, -0.2) is 63.8 Å². The average Bonchev–Trinajstić information content (AvgIpc) is 0.781. The van der Waals surface area contributed by atoms with Crippen molar-refractivity contribution < 1.29 is 94.3 Å². The second-order valence-corrected chi connectivity index (χ2v) is 27.6. The van der Waals surface area contributed by atoms with E-state index in [9.17, 15) is 94.3 Å². The number of anilines is 12. The van der Waals surface area contributed by atoms with Gasteiger partial charge in [-0.2, -0.15) is 29.9 Å². The molecule has 0 aliphatic carbocycles. The fraction of sp³-hybridized carbons (Fsp3) is 0.267. The quantitative estimate of drug-likeness (QED) is 0.0246. The van der Waals surface area contributed by atoms with Crippen LogP contribution in [0.5, 0.6) is 0 Å². The van der Waals surface area contributed by atoms with Crippen molar-refractivity contribution in [2.75, 3.05) is 109 Å². The van der Waals surface area contributed by atoms with E-state index in [-0.39, 0.29) is 117 Å². The third-order valence-electron chi connectivity index (χ3n) is 15.1. The molecule has 8 rings (SSSR count). The number of nitrogens with one attached hydrogen (secondary N) is 2. The van der Waals surface area contributed by atoms with E-state index < -0.39 is 174 Å². The Morgan fingerprint density at radius 1 is 0.350 bits per heavy atom. The highest BCUT2D eigenvalue weighted by Gasteiger charge is 2.31. The molecule has 6 aromatic carbocycles. The fourth-order valence-electron chi connectivity index (χ4n) is 11.1. The number of carboxylic acid groups (broad SMARTS) is 2. The summed E-state index contributed by atoms with van der Waals surface area (Å²) in [6.45, 7) is -6.59. The van der Waals surface area contributed by atoms with Gasteiger partial charge in [0.05, 0.1) is 57.1 Å². The third-order valence-corrected chi connectivity index (χ3v) is 19.0. The summed E-state index contributed by atoms with van der Waals surface area (Å²) in [5.74, 6) is -5.58. The van der Waals surface area contributed by atoms with E-state index in [0.29, 0.717) is 0 Å².